The van der Waals surface area contributed by atoms with E-state index in [4.69, 9.17) is 9.97 Å². The van der Waals surface area contributed by atoms with Crippen LogP contribution in [-0.4, -0.2) is 27.5 Å². The number of anilines is 1. The van der Waals surface area contributed by atoms with Crippen molar-refractivity contribution in [3.05, 3.63) is 45.8 Å². The quantitative estimate of drug-likeness (QED) is 0.453. The summed E-state index contributed by atoms with van der Waals surface area (Å²) in [5, 5.41) is 0. The van der Waals surface area contributed by atoms with Gasteiger partial charge in [0.2, 0.25) is 0 Å². The molecule has 3 aromatic rings. The van der Waals surface area contributed by atoms with Crippen molar-refractivity contribution in [2.24, 2.45) is 5.92 Å². The molecule has 5 heteroatoms. The van der Waals surface area contributed by atoms with Gasteiger partial charge in [0.1, 0.15) is 11.5 Å². The molecule has 0 unspecified atom stereocenters. The molecule has 0 aliphatic heterocycles. The molecule has 1 aromatic carbocycles. The van der Waals surface area contributed by atoms with E-state index in [0.29, 0.717) is 0 Å². The van der Waals surface area contributed by atoms with E-state index in [1.54, 1.807) is 0 Å². The monoisotopic (exact) mass is 440 g/mol. The van der Waals surface area contributed by atoms with Crippen LogP contribution in [0.15, 0.2) is 29.0 Å². The molecule has 1 saturated carbocycles. The van der Waals surface area contributed by atoms with Gasteiger partial charge in [0.25, 0.3) is 0 Å². The van der Waals surface area contributed by atoms with E-state index in [1.165, 1.54) is 35.5 Å². The SMILES string of the molecule is CCCN(CC1CC1)c1c(CC)nc2c(-c3c(C)cc(C)cc3Br)nccn12. The van der Waals surface area contributed by atoms with Crippen LogP contribution in [0.3, 0.4) is 0 Å². The van der Waals surface area contributed by atoms with E-state index in [-0.39, 0.29) is 0 Å². The zero-order chi connectivity index (χ0) is 19.8. The summed E-state index contributed by atoms with van der Waals surface area (Å²) in [6.45, 7) is 10.9. The first-order valence-electron chi connectivity index (χ1n) is 10.4. The molecular weight excluding hydrogens is 412 g/mol. The molecule has 2 heterocycles. The molecule has 0 spiro atoms. The Labute approximate surface area is 176 Å². The molecule has 0 atom stereocenters. The summed E-state index contributed by atoms with van der Waals surface area (Å²) in [6.07, 6.45) is 8.79. The van der Waals surface area contributed by atoms with Gasteiger partial charge in [-0.2, -0.15) is 0 Å². The fourth-order valence-corrected chi connectivity index (χ4v) is 5.00. The predicted molar refractivity (Wildman–Crippen MR) is 120 cm³/mol. The second kappa shape index (κ2) is 7.86. The predicted octanol–water partition coefficient (Wildman–Crippen LogP) is 5.96. The smallest absolute Gasteiger partial charge is 0.165 e. The summed E-state index contributed by atoms with van der Waals surface area (Å²) < 4.78 is 3.35. The number of hydrogen-bond donors (Lipinski definition) is 0. The van der Waals surface area contributed by atoms with E-state index >= 15 is 0 Å². The largest absolute Gasteiger partial charge is 0.356 e. The highest BCUT2D eigenvalue weighted by atomic mass is 79.9. The number of aryl methyl sites for hydroxylation is 3. The zero-order valence-electron chi connectivity index (χ0n) is 17.3. The van der Waals surface area contributed by atoms with Crippen LogP contribution in [0.2, 0.25) is 0 Å². The van der Waals surface area contributed by atoms with Crippen LogP contribution >= 0.6 is 15.9 Å². The lowest BCUT2D eigenvalue weighted by atomic mass is 10.0. The highest BCUT2D eigenvalue weighted by molar-refractivity contribution is 9.10. The summed E-state index contributed by atoms with van der Waals surface area (Å²) >= 11 is 3.77. The molecular formula is C23H29BrN4. The first kappa shape index (κ1) is 19.4. The highest BCUT2D eigenvalue weighted by Gasteiger charge is 2.28. The Bertz CT molecular complexity index is 980. The summed E-state index contributed by atoms with van der Waals surface area (Å²) in [5.74, 6) is 2.10. The number of nitrogens with zero attached hydrogens (tertiary/aromatic N) is 4. The van der Waals surface area contributed by atoms with Gasteiger partial charge in [0.15, 0.2) is 5.65 Å². The normalized spacial score (nSPS) is 14.0. The van der Waals surface area contributed by atoms with Gasteiger partial charge in [-0.3, -0.25) is 9.38 Å². The number of fused-ring (bicyclic) bond motifs is 1. The Morgan fingerprint density at radius 2 is 2.00 bits per heavy atom. The van der Waals surface area contributed by atoms with Crippen LogP contribution in [0.25, 0.3) is 16.9 Å². The molecule has 2 aromatic heterocycles. The van der Waals surface area contributed by atoms with Gasteiger partial charge >= 0.3 is 0 Å². The fraction of sp³-hybridized carbons (Fsp3) is 0.478. The van der Waals surface area contributed by atoms with Gasteiger partial charge in [-0.15, -0.1) is 0 Å². The number of aromatic nitrogens is 3. The van der Waals surface area contributed by atoms with Crippen molar-refractivity contribution in [1.29, 1.82) is 0 Å². The third-order valence-electron chi connectivity index (χ3n) is 5.56. The molecule has 4 rings (SSSR count). The maximum absolute atomic E-state index is 5.08. The number of halogens is 1. The zero-order valence-corrected chi connectivity index (χ0v) is 18.9. The molecule has 1 aliphatic carbocycles. The van der Waals surface area contributed by atoms with Crippen LogP contribution in [0.4, 0.5) is 5.82 Å². The molecule has 0 saturated heterocycles. The average molecular weight is 441 g/mol. The van der Waals surface area contributed by atoms with E-state index in [9.17, 15) is 0 Å². The average Bonchev–Trinajstić information content (AvgIpc) is 3.38. The van der Waals surface area contributed by atoms with Gasteiger partial charge in [-0.25, -0.2) is 4.98 Å². The van der Waals surface area contributed by atoms with Crippen molar-refractivity contribution in [2.45, 2.75) is 53.4 Å². The molecule has 1 aliphatic rings. The highest BCUT2D eigenvalue weighted by Crippen LogP contribution is 2.37. The van der Waals surface area contributed by atoms with E-state index in [0.717, 1.165) is 53.2 Å². The number of benzene rings is 1. The van der Waals surface area contributed by atoms with Crippen LogP contribution in [0, 0.1) is 19.8 Å². The van der Waals surface area contributed by atoms with E-state index < -0.39 is 0 Å². The lowest BCUT2D eigenvalue weighted by Crippen LogP contribution is -2.28. The number of imidazole rings is 1. The summed E-state index contributed by atoms with van der Waals surface area (Å²) in [6, 6.07) is 4.38. The third-order valence-corrected chi connectivity index (χ3v) is 6.18. The van der Waals surface area contributed by atoms with Crippen molar-refractivity contribution in [3.63, 3.8) is 0 Å². The number of hydrogen-bond acceptors (Lipinski definition) is 3. The van der Waals surface area contributed by atoms with Crippen LogP contribution in [0.1, 0.15) is 49.9 Å². The standard InChI is InChI=1S/C23H29BrN4/c1-5-10-27(14-17-7-8-17)23-19(6-2)26-22-21(25-9-11-28(22)23)20-16(4)12-15(3)13-18(20)24/h9,11-13,17H,5-8,10,14H2,1-4H3. The molecule has 0 bridgehead atoms. The Morgan fingerprint density at radius 1 is 1.21 bits per heavy atom. The number of rotatable bonds is 7. The van der Waals surface area contributed by atoms with E-state index in [1.807, 2.05) is 6.20 Å². The summed E-state index contributed by atoms with van der Waals surface area (Å²) in [5.41, 5.74) is 6.69. The van der Waals surface area contributed by atoms with Gasteiger partial charge in [0, 0.05) is 35.5 Å². The minimum Gasteiger partial charge on any atom is -0.356 e. The van der Waals surface area contributed by atoms with Gasteiger partial charge in [-0.1, -0.05) is 35.8 Å². The van der Waals surface area contributed by atoms with Crippen molar-refractivity contribution in [3.8, 4) is 11.3 Å². The Hall–Kier alpha value is -1.88. The Balaban J connectivity index is 1.91. The first-order valence-corrected chi connectivity index (χ1v) is 11.2. The van der Waals surface area contributed by atoms with Crippen molar-refractivity contribution >= 4 is 27.4 Å². The van der Waals surface area contributed by atoms with Gasteiger partial charge in [0.05, 0.1) is 5.69 Å². The van der Waals surface area contributed by atoms with Crippen molar-refractivity contribution in [2.75, 3.05) is 18.0 Å². The lowest BCUT2D eigenvalue weighted by molar-refractivity contribution is 0.692. The molecule has 4 nitrogen and oxygen atoms in total. The molecule has 0 amide bonds. The second-order valence-electron chi connectivity index (χ2n) is 8.03. The second-order valence-corrected chi connectivity index (χ2v) is 8.89. The van der Waals surface area contributed by atoms with Crippen molar-refractivity contribution < 1.29 is 0 Å². The molecule has 0 N–H and O–H groups in total. The molecule has 0 radical (unpaired) electrons. The fourth-order valence-electron chi connectivity index (χ4n) is 4.14. The Kier molecular flexibility index (Phi) is 5.46. The van der Waals surface area contributed by atoms with Crippen LogP contribution < -0.4 is 4.90 Å². The molecule has 1 fully saturated rings. The lowest BCUT2D eigenvalue weighted by Gasteiger charge is -2.25. The maximum atomic E-state index is 5.08. The summed E-state index contributed by atoms with van der Waals surface area (Å²) in [4.78, 5) is 12.4. The molecule has 148 valence electrons. The third kappa shape index (κ3) is 3.57. The van der Waals surface area contributed by atoms with Crippen LogP contribution in [-0.2, 0) is 6.42 Å². The van der Waals surface area contributed by atoms with Crippen LogP contribution in [0.5, 0.6) is 0 Å². The first-order chi connectivity index (χ1) is 13.5. The maximum Gasteiger partial charge on any atom is 0.165 e. The van der Waals surface area contributed by atoms with Crippen molar-refractivity contribution in [1.82, 2.24) is 14.4 Å². The summed E-state index contributed by atoms with van der Waals surface area (Å²) in [7, 11) is 0. The van der Waals surface area contributed by atoms with Gasteiger partial charge in [-0.05, 0) is 62.6 Å². The minimum absolute atomic E-state index is 0.844. The Morgan fingerprint density at radius 3 is 2.64 bits per heavy atom. The minimum atomic E-state index is 0.844. The molecule has 28 heavy (non-hydrogen) atoms. The van der Waals surface area contributed by atoms with Gasteiger partial charge < -0.3 is 4.90 Å². The topological polar surface area (TPSA) is 33.4 Å². The van der Waals surface area contributed by atoms with E-state index in [2.05, 4.69) is 71.3 Å².